The maximum Gasteiger partial charge on any atom is 0.433 e. The summed E-state index contributed by atoms with van der Waals surface area (Å²) in [6.45, 7) is 3.50. The predicted molar refractivity (Wildman–Crippen MR) is 91.7 cm³/mol. The van der Waals surface area contributed by atoms with Crippen molar-refractivity contribution in [2.75, 3.05) is 13.2 Å². The molecule has 0 saturated carbocycles. The van der Waals surface area contributed by atoms with Crippen LogP contribution in [0.5, 0.6) is 11.5 Å². The maximum atomic E-state index is 12.3. The molecule has 0 spiro atoms. The monoisotopic (exact) mass is 375 g/mol. The van der Waals surface area contributed by atoms with Gasteiger partial charge in [-0.3, -0.25) is 14.9 Å². The van der Waals surface area contributed by atoms with Gasteiger partial charge in [-0.15, -0.1) is 0 Å². The van der Waals surface area contributed by atoms with Gasteiger partial charge in [-0.25, -0.2) is 0 Å². The Balaban J connectivity index is 1.80. The van der Waals surface area contributed by atoms with Crippen molar-refractivity contribution >= 4 is 33.3 Å². The number of fused-ring (bicyclic) bond motifs is 2. The summed E-state index contributed by atoms with van der Waals surface area (Å²) in [6.07, 6.45) is 0. The number of aromatic nitrogens is 1. The van der Waals surface area contributed by atoms with Gasteiger partial charge in [-0.05, 0) is 13.0 Å². The van der Waals surface area contributed by atoms with Crippen molar-refractivity contribution in [2.45, 2.75) is 13.5 Å². The molecule has 1 amide bonds. The molecule has 0 bridgehead atoms. The molecule has 9 nitrogen and oxygen atoms in total. The van der Waals surface area contributed by atoms with Crippen LogP contribution >= 0.6 is 11.3 Å². The van der Waals surface area contributed by atoms with Crippen LogP contribution in [0.4, 0.5) is 5.88 Å². The van der Waals surface area contributed by atoms with E-state index in [-0.39, 0.29) is 5.76 Å². The number of carbonyl (C=O) groups is 1. The Kier molecular flexibility index (Phi) is 3.96. The highest BCUT2D eigenvalue weighted by atomic mass is 32.1. The number of rotatable bonds is 3. The lowest BCUT2D eigenvalue weighted by Crippen LogP contribution is -2.17. The van der Waals surface area contributed by atoms with E-state index in [4.69, 9.17) is 13.9 Å². The molecule has 1 aliphatic heterocycles. The van der Waals surface area contributed by atoms with Gasteiger partial charge in [0.05, 0.1) is 16.3 Å². The van der Waals surface area contributed by atoms with E-state index in [1.54, 1.807) is 0 Å². The minimum absolute atomic E-state index is 0.178. The fourth-order valence-corrected chi connectivity index (χ4v) is 3.78. The summed E-state index contributed by atoms with van der Waals surface area (Å²) in [5.41, 5.74) is 0.874. The first-order chi connectivity index (χ1) is 12.6. The van der Waals surface area contributed by atoms with Crippen LogP contribution in [0, 0.1) is 10.1 Å². The van der Waals surface area contributed by atoms with Crippen molar-refractivity contribution in [1.82, 2.24) is 4.57 Å². The van der Waals surface area contributed by atoms with Crippen molar-refractivity contribution in [1.29, 1.82) is 0 Å². The Bertz CT molecular complexity index is 1090. The number of thiazole rings is 1. The van der Waals surface area contributed by atoms with Gasteiger partial charge in [-0.2, -0.15) is 4.99 Å². The standard InChI is InChI=1S/C16H13N3O6S/c1-2-18-9-7-11-12(24-6-5-23-11)8-13(9)26-16(18)17-15(20)10-3-4-14(25-10)19(21)22/h3-4,7-8H,2,5-6H2,1H3. The van der Waals surface area contributed by atoms with Crippen LogP contribution in [0.15, 0.2) is 33.7 Å². The summed E-state index contributed by atoms with van der Waals surface area (Å²) in [6, 6.07) is 6.10. The molecule has 134 valence electrons. The number of aryl methyl sites for hydroxylation is 1. The van der Waals surface area contributed by atoms with Crippen molar-refractivity contribution < 1.29 is 23.6 Å². The first-order valence-electron chi connectivity index (χ1n) is 7.83. The molecule has 10 heteroatoms. The molecule has 0 unspecified atom stereocenters. The Morgan fingerprint density at radius 3 is 2.69 bits per heavy atom. The lowest BCUT2D eigenvalue weighted by Gasteiger charge is -2.18. The molecule has 4 rings (SSSR count). The highest BCUT2D eigenvalue weighted by Crippen LogP contribution is 2.35. The Morgan fingerprint density at radius 2 is 2.04 bits per heavy atom. The summed E-state index contributed by atoms with van der Waals surface area (Å²) < 4.78 is 18.9. The van der Waals surface area contributed by atoms with Gasteiger partial charge in [0.2, 0.25) is 5.76 Å². The quantitative estimate of drug-likeness (QED) is 0.514. The number of amides is 1. The van der Waals surface area contributed by atoms with E-state index in [9.17, 15) is 14.9 Å². The van der Waals surface area contributed by atoms with Crippen molar-refractivity contribution in [3.63, 3.8) is 0 Å². The second-order valence-electron chi connectivity index (χ2n) is 5.40. The van der Waals surface area contributed by atoms with Crippen molar-refractivity contribution in [3.8, 4) is 11.5 Å². The van der Waals surface area contributed by atoms with E-state index in [1.165, 1.54) is 17.4 Å². The topological polar surface area (TPSA) is 109 Å². The van der Waals surface area contributed by atoms with E-state index in [2.05, 4.69) is 4.99 Å². The smallest absolute Gasteiger partial charge is 0.433 e. The fourth-order valence-electron chi connectivity index (χ4n) is 2.68. The minimum Gasteiger partial charge on any atom is -0.486 e. The zero-order valence-corrected chi connectivity index (χ0v) is 14.4. The van der Waals surface area contributed by atoms with Crippen molar-refractivity contribution in [3.05, 3.63) is 44.9 Å². The van der Waals surface area contributed by atoms with Crippen LogP contribution in [0.25, 0.3) is 10.2 Å². The third-order valence-electron chi connectivity index (χ3n) is 3.84. The molecule has 1 aliphatic rings. The van der Waals surface area contributed by atoms with E-state index < -0.39 is 16.7 Å². The summed E-state index contributed by atoms with van der Waals surface area (Å²) in [4.78, 5) is 26.8. The van der Waals surface area contributed by atoms with E-state index in [0.717, 1.165) is 16.3 Å². The highest BCUT2D eigenvalue weighted by molar-refractivity contribution is 7.16. The number of hydrogen-bond acceptors (Lipinski definition) is 7. The summed E-state index contributed by atoms with van der Waals surface area (Å²) in [7, 11) is 0. The fraction of sp³-hybridized carbons (Fsp3) is 0.250. The molecule has 0 saturated heterocycles. The van der Waals surface area contributed by atoms with E-state index >= 15 is 0 Å². The molecule has 0 aliphatic carbocycles. The van der Waals surface area contributed by atoms with Crippen molar-refractivity contribution in [2.24, 2.45) is 4.99 Å². The molecular weight excluding hydrogens is 362 g/mol. The van der Waals surface area contributed by atoms with Gasteiger partial charge in [0.25, 0.3) is 0 Å². The average molecular weight is 375 g/mol. The average Bonchev–Trinajstić information content (AvgIpc) is 3.24. The lowest BCUT2D eigenvalue weighted by molar-refractivity contribution is -0.402. The summed E-state index contributed by atoms with van der Waals surface area (Å²) in [5, 5.41) is 10.7. The van der Waals surface area contributed by atoms with Gasteiger partial charge in [0.15, 0.2) is 16.3 Å². The highest BCUT2D eigenvalue weighted by Gasteiger charge is 2.19. The molecule has 3 heterocycles. The van der Waals surface area contributed by atoms with Crippen LogP contribution in [-0.2, 0) is 6.54 Å². The molecular formula is C16H13N3O6S. The zero-order valence-electron chi connectivity index (χ0n) is 13.6. The minimum atomic E-state index is -0.701. The van der Waals surface area contributed by atoms with Crippen LogP contribution in [0.3, 0.4) is 0 Å². The lowest BCUT2D eigenvalue weighted by atomic mass is 10.2. The summed E-state index contributed by atoms with van der Waals surface area (Å²) >= 11 is 1.32. The van der Waals surface area contributed by atoms with Crippen LogP contribution < -0.4 is 14.3 Å². The number of nitro groups is 1. The molecule has 1 aromatic carbocycles. The number of benzene rings is 1. The number of hydrogen-bond donors (Lipinski definition) is 0. The first-order valence-corrected chi connectivity index (χ1v) is 8.64. The molecule has 26 heavy (non-hydrogen) atoms. The van der Waals surface area contributed by atoms with Gasteiger partial charge < -0.3 is 18.5 Å². The van der Waals surface area contributed by atoms with E-state index in [0.29, 0.717) is 36.1 Å². The Morgan fingerprint density at radius 1 is 1.31 bits per heavy atom. The van der Waals surface area contributed by atoms with Crippen LogP contribution in [-0.4, -0.2) is 28.6 Å². The van der Waals surface area contributed by atoms with Crippen LogP contribution in [0.1, 0.15) is 17.5 Å². The van der Waals surface area contributed by atoms with Gasteiger partial charge in [0, 0.05) is 18.7 Å². The number of carbonyl (C=O) groups excluding carboxylic acids is 1. The second kappa shape index (κ2) is 6.30. The normalized spacial score (nSPS) is 14.0. The van der Waals surface area contributed by atoms with Gasteiger partial charge >= 0.3 is 11.8 Å². The molecule has 0 fully saturated rings. The SMILES string of the molecule is CCn1c(=NC(=O)c2ccc([N+](=O)[O-])o2)sc2cc3c(cc21)OCCO3. The Hall–Kier alpha value is -3.14. The van der Waals surface area contributed by atoms with Crippen LogP contribution in [0.2, 0.25) is 0 Å². The number of nitrogens with zero attached hydrogens (tertiary/aromatic N) is 3. The largest absolute Gasteiger partial charge is 0.486 e. The molecule has 0 radical (unpaired) electrons. The van der Waals surface area contributed by atoms with Gasteiger partial charge in [0.1, 0.15) is 18.1 Å². The van der Waals surface area contributed by atoms with E-state index in [1.807, 2.05) is 23.6 Å². The third-order valence-corrected chi connectivity index (χ3v) is 4.88. The molecule has 0 atom stereocenters. The number of ether oxygens (including phenoxy) is 2. The Labute approximate surface area is 150 Å². The van der Waals surface area contributed by atoms with Gasteiger partial charge in [-0.1, -0.05) is 11.3 Å². The molecule has 2 aromatic heterocycles. The predicted octanol–water partition coefficient (Wildman–Crippen LogP) is 2.74. The second-order valence-corrected chi connectivity index (χ2v) is 6.41. The maximum absolute atomic E-state index is 12.3. The first kappa shape index (κ1) is 16.3. The zero-order chi connectivity index (χ0) is 18.3. The molecule has 3 aromatic rings. The molecule has 0 N–H and O–H groups in total. The summed E-state index contributed by atoms with van der Waals surface area (Å²) in [5.74, 6) is -0.0341. The third kappa shape index (κ3) is 2.73. The number of furan rings is 1.